The third-order valence-electron chi connectivity index (χ3n) is 4.26. The van der Waals surface area contributed by atoms with E-state index in [-0.39, 0.29) is 19.1 Å². The smallest absolute Gasteiger partial charge is 0.303 e. The van der Waals surface area contributed by atoms with Gasteiger partial charge in [-0.2, -0.15) is 0 Å². The number of carboxylic acids is 1. The molecule has 2 aliphatic heterocycles. The minimum atomic E-state index is -0.693. The van der Waals surface area contributed by atoms with Crippen LogP contribution in [0.25, 0.3) is 0 Å². The van der Waals surface area contributed by atoms with E-state index in [1.165, 1.54) is 0 Å². The zero-order valence-corrected chi connectivity index (χ0v) is 13.2. The van der Waals surface area contributed by atoms with Crippen molar-refractivity contribution in [2.45, 2.75) is 25.7 Å². The SMILES string of the molecule is O=C(O)CC1CCCN(CCCOc2cc3cc(c2)OCO3)C1. The third kappa shape index (κ3) is 4.76. The fourth-order valence-corrected chi connectivity index (χ4v) is 3.21. The second-order valence-electron chi connectivity index (χ2n) is 6.16. The summed E-state index contributed by atoms with van der Waals surface area (Å²) in [6, 6.07) is 5.58. The maximum absolute atomic E-state index is 10.8. The van der Waals surface area contributed by atoms with Crippen molar-refractivity contribution in [2.75, 3.05) is 33.0 Å². The average Bonchev–Trinajstić information content (AvgIpc) is 2.51. The molecule has 0 saturated carbocycles. The molecule has 1 unspecified atom stereocenters. The van der Waals surface area contributed by atoms with Gasteiger partial charge in [0.25, 0.3) is 0 Å². The van der Waals surface area contributed by atoms with Crippen LogP contribution in [0.5, 0.6) is 17.2 Å². The number of aliphatic carboxylic acids is 1. The number of ether oxygens (including phenoxy) is 3. The summed E-state index contributed by atoms with van der Waals surface area (Å²) in [7, 11) is 0. The first-order valence-corrected chi connectivity index (χ1v) is 8.17. The van der Waals surface area contributed by atoms with E-state index in [2.05, 4.69) is 4.90 Å². The summed E-state index contributed by atoms with van der Waals surface area (Å²) >= 11 is 0. The quantitative estimate of drug-likeness (QED) is 0.778. The Labute approximate surface area is 135 Å². The van der Waals surface area contributed by atoms with Crippen molar-refractivity contribution in [1.29, 1.82) is 0 Å². The largest absolute Gasteiger partial charge is 0.493 e. The molecule has 3 rings (SSSR count). The van der Waals surface area contributed by atoms with Crippen molar-refractivity contribution >= 4 is 5.97 Å². The van der Waals surface area contributed by atoms with E-state index in [0.717, 1.165) is 56.1 Å². The van der Waals surface area contributed by atoms with Crippen molar-refractivity contribution in [2.24, 2.45) is 5.92 Å². The molecule has 1 saturated heterocycles. The van der Waals surface area contributed by atoms with Gasteiger partial charge in [0.15, 0.2) is 0 Å². The van der Waals surface area contributed by atoms with Crippen LogP contribution >= 0.6 is 0 Å². The first kappa shape index (κ1) is 15.9. The minimum Gasteiger partial charge on any atom is -0.493 e. The Balaban J connectivity index is 1.38. The number of carbonyl (C=O) groups is 1. The lowest BCUT2D eigenvalue weighted by Gasteiger charge is -2.31. The molecule has 23 heavy (non-hydrogen) atoms. The van der Waals surface area contributed by atoms with E-state index in [0.29, 0.717) is 6.61 Å². The minimum absolute atomic E-state index is 0.258. The lowest BCUT2D eigenvalue weighted by molar-refractivity contribution is -0.138. The van der Waals surface area contributed by atoms with Crippen LogP contribution in [0.4, 0.5) is 0 Å². The van der Waals surface area contributed by atoms with Crippen LogP contribution < -0.4 is 14.2 Å². The van der Waals surface area contributed by atoms with E-state index in [1.807, 2.05) is 18.2 Å². The molecule has 6 nitrogen and oxygen atoms in total. The highest BCUT2D eigenvalue weighted by Gasteiger charge is 2.21. The van der Waals surface area contributed by atoms with Crippen molar-refractivity contribution in [1.82, 2.24) is 4.90 Å². The summed E-state index contributed by atoms with van der Waals surface area (Å²) in [6.45, 7) is 3.76. The Bertz CT molecular complexity index is 526. The van der Waals surface area contributed by atoms with Gasteiger partial charge in [-0.05, 0) is 31.7 Å². The van der Waals surface area contributed by atoms with Gasteiger partial charge < -0.3 is 24.2 Å². The van der Waals surface area contributed by atoms with E-state index < -0.39 is 5.97 Å². The maximum Gasteiger partial charge on any atom is 0.303 e. The maximum atomic E-state index is 10.8. The highest BCUT2D eigenvalue weighted by Crippen LogP contribution is 2.30. The normalized spacial score (nSPS) is 20.4. The number of hydrogen-bond acceptors (Lipinski definition) is 5. The summed E-state index contributed by atoms with van der Waals surface area (Å²) in [5, 5.41) is 8.90. The van der Waals surface area contributed by atoms with Gasteiger partial charge in [0.05, 0.1) is 6.61 Å². The van der Waals surface area contributed by atoms with Crippen molar-refractivity contribution in [3.8, 4) is 17.2 Å². The molecule has 0 radical (unpaired) electrons. The standard InChI is InChI=1S/C17H23NO5/c19-17(20)7-13-3-1-4-18(11-13)5-2-6-21-14-8-15-10-16(9-14)23-12-22-15/h8-10,13H,1-7,11-12H2,(H,19,20). The topological polar surface area (TPSA) is 68.2 Å². The van der Waals surface area contributed by atoms with Crippen molar-refractivity contribution in [3.63, 3.8) is 0 Å². The molecule has 0 amide bonds. The molecule has 1 N–H and O–H groups in total. The lowest BCUT2D eigenvalue weighted by Crippen LogP contribution is -2.37. The molecular weight excluding hydrogens is 298 g/mol. The van der Waals surface area contributed by atoms with Gasteiger partial charge in [-0.15, -0.1) is 0 Å². The molecule has 0 aliphatic carbocycles. The van der Waals surface area contributed by atoms with Gasteiger partial charge in [-0.25, -0.2) is 0 Å². The van der Waals surface area contributed by atoms with Gasteiger partial charge in [0, 0.05) is 37.7 Å². The molecule has 126 valence electrons. The van der Waals surface area contributed by atoms with Gasteiger partial charge in [0.2, 0.25) is 6.79 Å². The highest BCUT2D eigenvalue weighted by molar-refractivity contribution is 5.67. The monoisotopic (exact) mass is 321 g/mol. The average molecular weight is 321 g/mol. The fraction of sp³-hybridized carbons (Fsp3) is 0.588. The number of benzene rings is 1. The molecule has 1 atom stereocenters. The molecule has 1 aromatic carbocycles. The van der Waals surface area contributed by atoms with Crippen LogP contribution in [0.2, 0.25) is 0 Å². The Kier molecular flexibility index (Phi) is 5.23. The summed E-state index contributed by atoms with van der Waals surface area (Å²) in [5.41, 5.74) is 0. The fourth-order valence-electron chi connectivity index (χ4n) is 3.21. The molecule has 1 fully saturated rings. The van der Waals surface area contributed by atoms with Gasteiger partial charge in [-0.3, -0.25) is 4.79 Å². The van der Waals surface area contributed by atoms with Crippen LogP contribution in [0.15, 0.2) is 18.2 Å². The molecule has 6 heteroatoms. The zero-order chi connectivity index (χ0) is 16.1. The third-order valence-corrected chi connectivity index (χ3v) is 4.26. The molecule has 0 spiro atoms. The van der Waals surface area contributed by atoms with E-state index in [9.17, 15) is 4.79 Å². The molecule has 0 aromatic heterocycles. The number of nitrogens with zero attached hydrogens (tertiary/aromatic N) is 1. The molecule has 2 bridgehead atoms. The van der Waals surface area contributed by atoms with Gasteiger partial charge in [0.1, 0.15) is 17.2 Å². The molecule has 2 heterocycles. The lowest BCUT2D eigenvalue weighted by atomic mass is 9.95. The molecule has 1 aromatic rings. The predicted octanol–water partition coefficient (Wildman–Crippen LogP) is 2.37. The summed E-state index contributed by atoms with van der Waals surface area (Å²) in [4.78, 5) is 13.2. The Hall–Kier alpha value is -1.95. The van der Waals surface area contributed by atoms with E-state index in [4.69, 9.17) is 19.3 Å². The van der Waals surface area contributed by atoms with Crippen LogP contribution in [-0.4, -0.2) is 49.0 Å². The van der Waals surface area contributed by atoms with Gasteiger partial charge >= 0.3 is 5.97 Å². The Morgan fingerprint density at radius 3 is 2.83 bits per heavy atom. The van der Waals surface area contributed by atoms with Crippen LogP contribution in [0.1, 0.15) is 25.7 Å². The Morgan fingerprint density at radius 1 is 1.30 bits per heavy atom. The zero-order valence-electron chi connectivity index (χ0n) is 13.2. The van der Waals surface area contributed by atoms with Crippen LogP contribution in [-0.2, 0) is 4.79 Å². The first-order chi connectivity index (χ1) is 11.2. The predicted molar refractivity (Wildman–Crippen MR) is 84.1 cm³/mol. The number of likely N-dealkylation sites (tertiary alicyclic amines) is 1. The Morgan fingerprint density at radius 2 is 2.09 bits per heavy atom. The van der Waals surface area contributed by atoms with E-state index in [1.54, 1.807) is 0 Å². The van der Waals surface area contributed by atoms with Crippen LogP contribution in [0.3, 0.4) is 0 Å². The van der Waals surface area contributed by atoms with Crippen molar-refractivity contribution < 1.29 is 24.1 Å². The summed E-state index contributed by atoms with van der Waals surface area (Å²) in [6.07, 6.45) is 3.30. The number of piperidine rings is 1. The number of fused-ring (bicyclic) bond motifs is 2. The molecule has 2 aliphatic rings. The van der Waals surface area contributed by atoms with Crippen LogP contribution in [0, 0.1) is 5.92 Å². The number of hydrogen-bond donors (Lipinski definition) is 1. The number of carboxylic acid groups (broad SMARTS) is 1. The number of rotatable bonds is 7. The van der Waals surface area contributed by atoms with Gasteiger partial charge in [-0.1, -0.05) is 0 Å². The van der Waals surface area contributed by atoms with Crippen molar-refractivity contribution in [3.05, 3.63) is 18.2 Å². The van der Waals surface area contributed by atoms with E-state index >= 15 is 0 Å². The summed E-state index contributed by atoms with van der Waals surface area (Å²) in [5.74, 6) is 1.91. The summed E-state index contributed by atoms with van der Waals surface area (Å²) < 4.78 is 16.4. The highest BCUT2D eigenvalue weighted by atomic mass is 16.7. The second-order valence-corrected chi connectivity index (χ2v) is 6.16. The molecular formula is C17H23NO5. The first-order valence-electron chi connectivity index (χ1n) is 8.17. The second kappa shape index (κ2) is 7.55.